The molecule has 0 aliphatic heterocycles. The molecule has 0 bridgehead atoms. The van der Waals surface area contributed by atoms with Crippen LogP contribution < -0.4 is 22.5 Å². The number of hydrogen-bond donors (Lipinski definition) is 1. The van der Waals surface area contributed by atoms with Crippen LogP contribution in [0, 0.1) is 0 Å². The van der Waals surface area contributed by atoms with E-state index in [0.29, 0.717) is 10.2 Å². The summed E-state index contributed by atoms with van der Waals surface area (Å²) in [6.07, 6.45) is 2.06. The molecule has 0 aliphatic carbocycles. The fourth-order valence-corrected chi connectivity index (χ4v) is 3.58. The Morgan fingerprint density at radius 2 is 1.88 bits per heavy atom. The summed E-state index contributed by atoms with van der Waals surface area (Å²) < 4.78 is 2.96. The van der Waals surface area contributed by atoms with Crippen LogP contribution in [0.1, 0.15) is 22.2 Å². The van der Waals surface area contributed by atoms with Gasteiger partial charge >= 0.3 is 5.69 Å². The maximum atomic E-state index is 12.6. The van der Waals surface area contributed by atoms with E-state index in [4.69, 9.17) is 5.73 Å². The zero-order valence-electron chi connectivity index (χ0n) is 14.5. The summed E-state index contributed by atoms with van der Waals surface area (Å²) in [6, 6.07) is 1.76. The molecule has 0 aromatic carbocycles. The average Bonchev–Trinajstić information content (AvgIpc) is 3.05. The number of nitrogens with zero attached hydrogens (tertiary/aromatic N) is 4. The Balaban J connectivity index is 2.08. The second kappa shape index (κ2) is 6.37. The summed E-state index contributed by atoms with van der Waals surface area (Å²) >= 11 is 1.43. The van der Waals surface area contributed by atoms with Gasteiger partial charge in [-0.05, 0) is 12.5 Å². The summed E-state index contributed by atoms with van der Waals surface area (Å²) in [5, 5.41) is 0.434. The number of aryl methyl sites for hydroxylation is 1. The highest BCUT2D eigenvalue weighted by molar-refractivity contribution is 7.18. The molecular formula is C16H17N5O4S. The van der Waals surface area contributed by atoms with Crippen molar-refractivity contribution >= 4 is 33.2 Å². The van der Waals surface area contributed by atoms with Crippen LogP contribution in [0.2, 0.25) is 0 Å². The second-order valence-electron chi connectivity index (χ2n) is 5.85. The van der Waals surface area contributed by atoms with Crippen molar-refractivity contribution in [2.24, 2.45) is 14.1 Å². The molecule has 0 amide bonds. The molecule has 0 fully saturated rings. The third-order valence-corrected chi connectivity index (χ3v) is 5.41. The molecule has 0 spiro atoms. The lowest BCUT2D eigenvalue weighted by Gasteiger charge is -2.11. The summed E-state index contributed by atoms with van der Waals surface area (Å²) in [4.78, 5) is 55.2. The molecule has 0 radical (unpaired) electrons. The van der Waals surface area contributed by atoms with Crippen molar-refractivity contribution < 1.29 is 4.79 Å². The lowest BCUT2D eigenvalue weighted by molar-refractivity contribution is 0.0968. The van der Waals surface area contributed by atoms with E-state index in [1.54, 1.807) is 6.07 Å². The molecule has 3 rings (SSSR count). The van der Waals surface area contributed by atoms with Crippen molar-refractivity contribution in [1.82, 2.24) is 18.7 Å². The molecule has 0 atom stereocenters. The van der Waals surface area contributed by atoms with Crippen LogP contribution >= 0.6 is 11.3 Å². The Kier molecular flexibility index (Phi) is 4.36. The van der Waals surface area contributed by atoms with Gasteiger partial charge in [-0.25, -0.2) is 9.78 Å². The van der Waals surface area contributed by atoms with E-state index in [1.165, 1.54) is 31.8 Å². The third-order valence-electron chi connectivity index (χ3n) is 4.22. The molecule has 0 saturated carbocycles. The van der Waals surface area contributed by atoms with E-state index in [1.807, 2.05) is 6.92 Å². The highest BCUT2D eigenvalue weighted by Gasteiger charge is 2.21. The normalized spacial score (nSPS) is 11.2. The van der Waals surface area contributed by atoms with Crippen LogP contribution in [0.5, 0.6) is 0 Å². The fraction of sp³-hybridized carbons (Fsp3) is 0.312. The minimum Gasteiger partial charge on any atom is -0.384 e. The number of fused-ring (bicyclic) bond motifs is 1. The molecule has 9 nitrogen and oxygen atoms in total. The molecule has 2 N–H and O–H groups in total. The van der Waals surface area contributed by atoms with E-state index < -0.39 is 23.6 Å². The smallest absolute Gasteiger partial charge is 0.332 e. The lowest BCUT2D eigenvalue weighted by Crippen LogP contribution is -2.42. The summed E-state index contributed by atoms with van der Waals surface area (Å²) in [6.45, 7) is 1.59. The third kappa shape index (κ3) is 2.68. The number of rotatable bonds is 4. The molecule has 0 saturated heterocycles. The van der Waals surface area contributed by atoms with Gasteiger partial charge in [0.2, 0.25) is 0 Å². The number of thiophene rings is 1. The lowest BCUT2D eigenvalue weighted by atomic mass is 10.2. The SMILES string of the molecule is CCc1cc2c(=O)n(CC(=O)c3c(N)n(C)c(=O)n(C)c3=O)cnc2s1. The van der Waals surface area contributed by atoms with Crippen molar-refractivity contribution in [1.29, 1.82) is 0 Å². The number of aromatic nitrogens is 4. The first kappa shape index (κ1) is 17.8. The van der Waals surface area contributed by atoms with Gasteiger partial charge in [-0.3, -0.25) is 28.1 Å². The molecule has 136 valence electrons. The standard InChI is InChI=1S/C16H17N5O4S/c1-4-8-5-9-13(26-8)18-7-21(14(9)23)6-10(22)11-12(17)19(2)16(25)20(3)15(11)24/h5,7H,4,6,17H2,1-3H3. The number of nitrogen functional groups attached to an aromatic ring is 1. The summed E-state index contributed by atoms with van der Waals surface area (Å²) in [7, 11) is 2.63. The van der Waals surface area contributed by atoms with Crippen molar-refractivity contribution in [3.63, 3.8) is 0 Å². The highest BCUT2D eigenvalue weighted by Crippen LogP contribution is 2.21. The van der Waals surface area contributed by atoms with E-state index in [9.17, 15) is 19.2 Å². The van der Waals surface area contributed by atoms with E-state index in [2.05, 4.69) is 4.98 Å². The maximum Gasteiger partial charge on any atom is 0.332 e. The first-order valence-corrected chi connectivity index (χ1v) is 8.64. The molecule has 3 aromatic heterocycles. The molecule has 26 heavy (non-hydrogen) atoms. The van der Waals surface area contributed by atoms with Gasteiger partial charge in [0.15, 0.2) is 5.78 Å². The average molecular weight is 375 g/mol. The monoisotopic (exact) mass is 375 g/mol. The van der Waals surface area contributed by atoms with Gasteiger partial charge in [-0.2, -0.15) is 0 Å². The minimum atomic E-state index is -0.790. The molecule has 0 unspecified atom stereocenters. The van der Waals surface area contributed by atoms with Gasteiger partial charge in [0, 0.05) is 19.0 Å². The topological polar surface area (TPSA) is 122 Å². The van der Waals surface area contributed by atoms with Gasteiger partial charge in [-0.1, -0.05) is 6.92 Å². The molecule has 10 heteroatoms. The Hall–Kier alpha value is -3.01. The molecule has 3 heterocycles. The van der Waals surface area contributed by atoms with Gasteiger partial charge < -0.3 is 5.73 Å². The predicted molar refractivity (Wildman–Crippen MR) is 98.9 cm³/mol. The van der Waals surface area contributed by atoms with Gasteiger partial charge in [0.25, 0.3) is 11.1 Å². The quantitative estimate of drug-likeness (QED) is 0.635. The van der Waals surface area contributed by atoms with Crippen molar-refractivity contribution in [2.45, 2.75) is 19.9 Å². The first-order chi connectivity index (χ1) is 12.3. The Morgan fingerprint density at radius 3 is 2.54 bits per heavy atom. The zero-order valence-corrected chi connectivity index (χ0v) is 15.3. The van der Waals surface area contributed by atoms with Gasteiger partial charge in [0.05, 0.1) is 18.3 Å². The number of anilines is 1. The van der Waals surface area contributed by atoms with Crippen LogP contribution in [0.4, 0.5) is 5.82 Å². The van der Waals surface area contributed by atoms with Crippen LogP contribution in [0.15, 0.2) is 26.8 Å². The van der Waals surface area contributed by atoms with E-state index in [0.717, 1.165) is 25.0 Å². The highest BCUT2D eigenvalue weighted by atomic mass is 32.1. The number of ketones is 1. The molecular weight excluding hydrogens is 358 g/mol. The predicted octanol–water partition coefficient (Wildman–Crippen LogP) is -0.117. The number of hydrogen-bond acceptors (Lipinski definition) is 7. The van der Waals surface area contributed by atoms with Crippen LogP contribution in [0.3, 0.4) is 0 Å². The van der Waals surface area contributed by atoms with Gasteiger partial charge in [0.1, 0.15) is 16.2 Å². The first-order valence-electron chi connectivity index (χ1n) is 7.82. The largest absolute Gasteiger partial charge is 0.384 e. The number of carbonyl (C=O) groups excluding carboxylic acids is 1. The molecule has 0 aliphatic rings. The Labute approximate surface area is 150 Å². The zero-order chi connectivity index (χ0) is 19.2. The van der Waals surface area contributed by atoms with Gasteiger partial charge in [-0.15, -0.1) is 11.3 Å². The molecule has 3 aromatic rings. The number of nitrogens with two attached hydrogens (primary N) is 1. The van der Waals surface area contributed by atoms with Crippen molar-refractivity contribution in [2.75, 3.05) is 5.73 Å². The Bertz CT molecular complexity index is 1210. The number of carbonyl (C=O) groups is 1. The fourth-order valence-electron chi connectivity index (χ4n) is 2.65. The van der Waals surface area contributed by atoms with Crippen LogP contribution in [-0.2, 0) is 27.1 Å². The van der Waals surface area contributed by atoms with Crippen LogP contribution in [-0.4, -0.2) is 24.5 Å². The van der Waals surface area contributed by atoms with Crippen molar-refractivity contribution in [3.8, 4) is 0 Å². The van der Waals surface area contributed by atoms with E-state index in [-0.39, 0.29) is 16.9 Å². The maximum absolute atomic E-state index is 12.6. The summed E-state index contributed by atoms with van der Waals surface area (Å²) in [5.41, 5.74) is 3.68. The summed E-state index contributed by atoms with van der Waals surface area (Å²) in [5.74, 6) is -0.887. The minimum absolute atomic E-state index is 0.228. The number of Topliss-reactive ketones (excluding diaryl/α,β-unsaturated/α-hetero) is 1. The second-order valence-corrected chi connectivity index (χ2v) is 6.97. The van der Waals surface area contributed by atoms with E-state index >= 15 is 0 Å². The van der Waals surface area contributed by atoms with Crippen molar-refractivity contribution in [3.05, 3.63) is 54.0 Å². The van der Waals surface area contributed by atoms with Crippen LogP contribution in [0.25, 0.3) is 10.2 Å². The Morgan fingerprint density at radius 1 is 1.19 bits per heavy atom.